The van der Waals surface area contributed by atoms with Gasteiger partial charge in [0, 0.05) is 22.7 Å². The number of rotatable bonds is 7. The molecule has 0 atom stereocenters. The highest BCUT2D eigenvalue weighted by molar-refractivity contribution is 5.72. The Hall–Kier alpha value is -3.78. The zero-order chi connectivity index (χ0) is 22.3. The van der Waals surface area contributed by atoms with E-state index in [2.05, 4.69) is 146 Å². The summed E-state index contributed by atoms with van der Waals surface area (Å²) < 4.78 is 0. The second-order valence-electron chi connectivity index (χ2n) is 8.18. The second kappa shape index (κ2) is 10.0. The summed E-state index contributed by atoms with van der Waals surface area (Å²) in [5.74, 6) is 0. The molecule has 0 unspecified atom stereocenters. The molecule has 0 aromatic heterocycles. The number of allylic oxidation sites excluding steroid dienone is 2. The smallest absolute Gasteiger partial charge is 0.0999 e. The Kier molecular flexibility index (Phi) is 6.72. The molecule has 0 spiro atoms. The van der Waals surface area contributed by atoms with Crippen LogP contribution in [-0.4, -0.2) is 6.67 Å². The maximum absolute atomic E-state index is 2.36. The predicted molar refractivity (Wildman–Crippen MR) is 139 cm³/mol. The van der Waals surface area contributed by atoms with Gasteiger partial charge in [0.25, 0.3) is 0 Å². The topological polar surface area (TPSA) is 6.48 Å². The first-order chi connectivity index (χ1) is 15.6. The lowest BCUT2D eigenvalue weighted by Gasteiger charge is -2.34. The molecular formula is C30H30N2. The molecule has 2 heteroatoms. The van der Waals surface area contributed by atoms with Crippen molar-refractivity contribution in [2.24, 2.45) is 0 Å². The Morgan fingerprint density at radius 3 is 1.16 bits per heavy atom. The van der Waals surface area contributed by atoms with Crippen molar-refractivity contribution < 1.29 is 0 Å². The molecule has 160 valence electrons. The molecule has 0 radical (unpaired) electrons. The van der Waals surface area contributed by atoms with Crippen LogP contribution < -0.4 is 9.80 Å². The van der Waals surface area contributed by atoms with E-state index >= 15 is 0 Å². The molecule has 2 nitrogen and oxygen atoms in total. The molecule has 4 rings (SSSR count). The number of anilines is 4. The molecule has 0 saturated carbocycles. The van der Waals surface area contributed by atoms with Crippen molar-refractivity contribution in [3.8, 4) is 0 Å². The van der Waals surface area contributed by atoms with E-state index in [9.17, 15) is 0 Å². The van der Waals surface area contributed by atoms with Gasteiger partial charge in [-0.1, -0.05) is 72.3 Å². The number of hydrogen-bond acceptors (Lipinski definition) is 2. The summed E-state index contributed by atoms with van der Waals surface area (Å²) in [4.78, 5) is 4.71. The Morgan fingerprint density at radius 2 is 0.812 bits per heavy atom. The Labute approximate surface area is 192 Å². The van der Waals surface area contributed by atoms with Crippen molar-refractivity contribution in [3.05, 3.63) is 126 Å². The van der Waals surface area contributed by atoms with E-state index in [1.165, 1.54) is 22.4 Å². The molecule has 0 saturated heterocycles. The summed E-state index contributed by atoms with van der Waals surface area (Å²) >= 11 is 0. The Morgan fingerprint density at radius 1 is 0.469 bits per heavy atom. The molecular weight excluding hydrogens is 388 g/mol. The highest BCUT2D eigenvalue weighted by Gasteiger charge is 2.16. The predicted octanol–water partition coefficient (Wildman–Crippen LogP) is 8.43. The number of nitrogens with zero attached hydrogens (tertiary/aromatic N) is 2. The van der Waals surface area contributed by atoms with Crippen molar-refractivity contribution in [1.82, 2.24) is 0 Å². The van der Waals surface area contributed by atoms with Crippen LogP contribution in [0.1, 0.15) is 26.3 Å². The van der Waals surface area contributed by atoms with Crippen molar-refractivity contribution in [2.75, 3.05) is 16.5 Å². The molecule has 0 heterocycles. The van der Waals surface area contributed by atoms with Crippen LogP contribution in [0.2, 0.25) is 0 Å². The lowest BCUT2D eigenvalue weighted by molar-refractivity contribution is 0.926. The standard InChI is InChI=1S/C30H30N2/c1-24(2)25(3)26-19-21-30(22-20-26)32(29-17-11-6-12-18-29)23-31(27-13-7-4-8-14-27)28-15-9-5-10-16-28/h4-22H,23H2,1-3H3. The van der Waals surface area contributed by atoms with Gasteiger partial charge >= 0.3 is 0 Å². The summed E-state index contributed by atoms with van der Waals surface area (Å²) in [5.41, 5.74) is 8.60. The first-order valence-corrected chi connectivity index (χ1v) is 11.1. The minimum Gasteiger partial charge on any atom is -0.323 e. The van der Waals surface area contributed by atoms with E-state index in [0.717, 1.165) is 17.1 Å². The number of hydrogen-bond donors (Lipinski definition) is 0. The van der Waals surface area contributed by atoms with Gasteiger partial charge in [-0.25, -0.2) is 0 Å². The monoisotopic (exact) mass is 418 g/mol. The van der Waals surface area contributed by atoms with Gasteiger partial charge in [-0.05, 0) is 80.4 Å². The van der Waals surface area contributed by atoms with Crippen LogP contribution in [0, 0.1) is 0 Å². The Bertz CT molecular complexity index is 1100. The molecule has 0 aliphatic heterocycles. The molecule has 0 aliphatic rings. The third-order valence-electron chi connectivity index (χ3n) is 5.85. The zero-order valence-electron chi connectivity index (χ0n) is 19.1. The molecule has 0 fully saturated rings. The van der Waals surface area contributed by atoms with Gasteiger partial charge in [-0.2, -0.15) is 0 Å². The molecule has 0 aliphatic carbocycles. The SMILES string of the molecule is CC(C)=C(C)c1ccc(N(CN(c2ccccc2)c2ccccc2)c2ccccc2)cc1. The minimum absolute atomic E-state index is 0.693. The van der Waals surface area contributed by atoms with Gasteiger partial charge < -0.3 is 9.80 Å². The zero-order valence-corrected chi connectivity index (χ0v) is 19.1. The van der Waals surface area contributed by atoms with Gasteiger partial charge in [0.15, 0.2) is 0 Å². The number of benzene rings is 4. The first kappa shape index (κ1) is 21.5. The average Bonchev–Trinajstić information content (AvgIpc) is 2.86. The van der Waals surface area contributed by atoms with Crippen LogP contribution in [0.3, 0.4) is 0 Å². The summed E-state index contributed by atoms with van der Waals surface area (Å²) in [6.07, 6.45) is 0. The fraction of sp³-hybridized carbons (Fsp3) is 0.133. The highest BCUT2D eigenvalue weighted by Crippen LogP contribution is 2.32. The van der Waals surface area contributed by atoms with Gasteiger partial charge in [-0.15, -0.1) is 0 Å². The first-order valence-electron chi connectivity index (χ1n) is 11.1. The van der Waals surface area contributed by atoms with Gasteiger partial charge in [-0.3, -0.25) is 0 Å². The molecule has 4 aromatic carbocycles. The second-order valence-corrected chi connectivity index (χ2v) is 8.18. The normalized spacial score (nSPS) is 10.5. The third-order valence-corrected chi connectivity index (χ3v) is 5.85. The lowest BCUT2D eigenvalue weighted by atomic mass is 10.0. The van der Waals surface area contributed by atoms with Gasteiger partial charge in [0.2, 0.25) is 0 Å². The van der Waals surface area contributed by atoms with E-state index in [0.29, 0.717) is 6.67 Å². The summed E-state index contributed by atoms with van der Waals surface area (Å²) in [5, 5.41) is 0. The van der Waals surface area contributed by atoms with E-state index in [1.54, 1.807) is 0 Å². The van der Waals surface area contributed by atoms with E-state index < -0.39 is 0 Å². The van der Waals surface area contributed by atoms with E-state index in [4.69, 9.17) is 0 Å². The summed E-state index contributed by atoms with van der Waals surface area (Å²) in [7, 11) is 0. The summed E-state index contributed by atoms with van der Waals surface area (Å²) in [6.45, 7) is 7.21. The van der Waals surface area contributed by atoms with Crippen molar-refractivity contribution >= 4 is 28.3 Å². The average molecular weight is 419 g/mol. The number of para-hydroxylation sites is 3. The van der Waals surface area contributed by atoms with Gasteiger partial charge in [0.05, 0.1) is 6.67 Å². The largest absolute Gasteiger partial charge is 0.323 e. The van der Waals surface area contributed by atoms with E-state index in [1.807, 2.05) is 0 Å². The maximum atomic E-state index is 2.36. The van der Waals surface area contributed by atoms with Crippen molar-refractivity contribution in [1.29, 1.82) is 0 Å². The molecule has 32 heavy (non-hydrogen) atoms. The quantitative estimate of drug-likeness (QED) is 0.278. The highest BCUT2D eigenvalue weighted by atomic mass is 15.3. The van der Waals surface area contributed by atoms with Crippen molar-refractivity contribution in [2.45, 2.75) is 20.8 Å². The minimum atomic E-state index is 0.693. The van der Waals surface area contributed by atoms with Gasteiger partial charge in [0.1, 0.15) is 0 Å². The molecule has 0 bridgehead atoms. The van der Waals surface area contributed by atoms with E-state index in [-0.39, 0.29) is 0 Å². The lowest BCUT2D eigenvalue weighted by Crippen LogP contribution is -2.32. The van der Waals surface area contributed by atoms with Crippen LogP contribution in [0.15, 0.2) is 121 Å². The van der Waals surface area contributed by atoms with Crippen LogP contribution >= 0.6 is 0 Å². The fourth-order valence-corrected chi connectivity index (χ4v) is 3.77. The Balaban J connectivity index is 1.76. The third kappa shape index (κ3) is 4.92. The van der Waals surface area contributed by atoms with Crippen LogP contribution in [0.4, 0.5) is 22.7 Å². The molecule has 0 N–H and O–H groups in total. The fourth-order valence-electron chi connectivity index (χ4n) is 3.77. The van der Waals surface area contributed by atoms with Crippen LogP contribution in [-0.2, 0) is 0 Å². The van der Waals surface area contributed by atoms with Crippen molar-refractivity contribution in [3.63, 3.8) is 0 Å². The maximum Gasteiger partial charge on any atom is 0.0999 e. The van der Waals surface area contributed by atoms with Crippen LogP contribution in [0.5, 0.6) is 0 Å². The molecule has 0 amide bonds. The van der Waals surface area contributed by atoms with Crippen LogP contribution in [0.25, 0.3) is 5.57 Å². The summed E-state index contributed by atoms with van der Waals surface area (Å²) in [6, 6.07) is 40.6. The molecule has 4 aromatic rings.